The smallest absolute Gasteiger partial charge is 0.256 e. The van der Waals surface area contributed by atoms with E-state index < -0.39 is 0 Å². The zero-order valence-electron chi connectivity index (χ0n) is 11.6. The van der Waals surface area contributed by atoms with Gasteiger partial charge in [0.25, 0.3) is 5.91 Å². The van der Waals surface area contributed by atoms with E-state index in [0.29, 0.717) is 16.8 Å². The first-order valence-corrected chi connectivity index (χ1v) is 7.05. The van der Waals surface area contributed by atoms with Gasteiger partial charge < -0.3 is 10.6 Å². The van der Waals surface area contributed by atoms with Crippen LogP contribution in [0.25, 0.3) is 0 Å². The summed E-state index contributed by atoms with van der Waals surface area (Å²) in [5, 5.41) is 0. The van der Waals surface area contributed by atoms with Crippen molar-refractivity contribution in [2.75, 3.05) is 5.73 Å². The van der Waals surface area contributed by atoms with Crippen LogP contribution in [0.15, 0.2) is 48.5 Å². The third-order valence-electron chi connectivity index (χ3n) is 3.74. The summed E-state index contributed by atoms with van der Waals surface area (Å²) in [6, 6.07) is 13.8. The number of hydrogen-bond acceptors (Lipinski definition) is 2. The molecule has 1 amide bonds. The van der Waals surface area contributed by atoms with Crippen LogP contribution < -0.4 is 5.73 Å². The van der Waals surface area contributed by atoms with E-state index in [1.807, 2.05) is 0 Å². The van der Waals surface area contributed by atoms with Gasteiger partial charge in [-0.1, -0.05) is 30.3 Å². The number of halogens is 1. The first kappa shape index (κ1) is 13.6. The minimum absolute atomic E-state index is 0.126. The molecule has 108 valence electrons. The number of anilines is 1. The first-order chi connectivity index (χ1) is 10.2. The molecule has 0 saturated heterocycles. The van der Waals surface area contributed by atoms with Crippen molar-refractivity contribution in [2.45, 2.75) is 25.4 Å². The summed E-state index contributed by atoms with van der Waals surface area (Å²) >= 11 is 0. The van der Waals surface area contributed by atoms with E-state index in [2.05, 4.69) is 0 Å². The number of carbonyl (C=O) groups is 1. The van der Waals surface area contributed by atoms with Gasteiger partial charge in [0.1, 0.15) is 5.82 Å². The van der Waals surface area contributed by atoms with Crippen molar-refractivity contribution >= 4 is 11.6 Å². The molecule has 0 atom stereocenters. The van der Waals surface area contributed by atoms with Gasteiger partial charge in [-0.3, -0.25) is 4.79 Å². The van der Waals surface area contributed by atoms with Crippen LogP contribution in [0, 0.1) is 5.82 Å². The lowest BCUT2D eigenvalue weighted by atomic mass is 10.1. The highest BCUT2D eigenvalue weighted by molar-refractivity contribution is 5.99. The molecule has 1 aliphatic carbocycles. The molecule has 1 aliphatic rings. The highest BCUT2D eigenvalue weighted by atomic mass is 19.1. The lowest BCUT2D eigenvalue weighted by Crippen LogP contribution is -2.33. The third-order valence-corrected chi connectivity index (χ3v) is 3.74. The number of carbonyl (C=O) groups excluding carboxylic acids is 1. The van der Waals surface area contributed by atoms with Crippen LogP contribution in [-0.4, -0.2) is 16.8 Å². The molecule has 2 aromatic rings. The molecule has 3 rings (SSSR count). The number of nitrogen functional groups attached to an aromatic ring is 1. The third kappa shape index (κ3) is 2.89. The highest BCUT2D eigenvalue weighted by Gasteiger charge is 2.34. The van der Waals surface area contributed by atoms with E-state index >= 15 is 0 Å². The van der Waals surface area contributed by atoms with Gasteiger partial charge in [0.05, 0.1) is 5.56 Å². The fourth-order valence-corrected chi connectivity index (χ4v) is 2.41. The van der Waals surface area contributed by atoms with Gasteiger partial charge in [-0.25, -0.2) is 4.39 Å². The molecule has 1 fully saturated rings. The van der Waals surface area contributed by atoms with Crippen molar-refractivity contribution < 1.29 is 9.18 Å². The molecule has 1 saturated carbocycles. The Bertz CT molecular complexity index is 667. The molecule has 0 aromatic heterocycles. The summed E-state index contributed by atoms with van der Waals surface area (Å²) in [6.45, 7) is 0.282. The van der Waals surface area contributed by atoms with E-state index in [1.165, 1.54) is 6.07 Å². The lowest BCUT2D eigenvalue weighted by Gasteiger charge is -2.23. The number of hydrogen-bond donors (Lipinski definition) is 1. The fraction of sp³-hybridized carbons (Fsp3) is 0.235. The quantitative estimate of drug-likeness (QED) is 0.876. The number of nitrogens with two attached hydrogens (primary N) is 1. The maximum Gasteiger partial charge on any atom is 0.256 e. The van der Waals surface area contributed by atoms with Crippen molar-refractivity contribution in [2.24, 2.45) is 0 Å². The highest BCUT2D eigenvalue weighted by Crippen LogP contribution is 2.31. The Morgan fingerprint density at radius 1 is 1.14 bits per heavy atom. The molecule has 0 bridgehead atoms. The molecule has 0 unspecified atom stereocenters. The second-order valence-electron chi connectivity index (χ2n) is 5.34. The Morgan fingerprint density at radius 3 is 2.48 bits per heavy atom. The summed E-state index contributed by atoms with van der Waals surface area (Å²) in [5.41, 5.74) is 7.36. The molecule has 0 aliphatic heterocycles. The van der Waals surface area contributed by atoms with Gasteiger partial charge in [0, 0.05) is 23.8 Å². The Morgan fingerprint density at radius 2 is 1.81 bits per heavy atom. The predicted octanol–water partition coefficient (Wildman–Crippen LogP) is 3.21. The SMILES string of the molecule is Nc1ccccc1C(=O)N(Cc1ccccc1F)C1CC1. The van der Waals surface area contributed by atoms with Crippen molar-refractivity contribution in [1.82, 2.24) is 4.90 Å². The van der Waals surface area contributed by atoms with Crippen LogP contribution >= 0.6 is 0 Å². The normalized spacial score (nSPS) is 14.0. The molecule has 4 heteroatoms. The van der Waals surface area contributed by atoms with Crippen molar-refractivity contribution in [3.63, 3.8) is 0 Å². The Hall–Kier alpha value is -2.36. The van der Waals surface area contributed by atoms with Crippen molar-refractivity contribution in [3.8, 4) is 0 Å². The van der Waals surface area contributed by atoms with Crippen LogP contribution in [-0.2, 0) is 6.54 Å². The first-order valence-electron chi connectivity index (χ1n) is 7.05. The molecule has 0 radical (unpaired) electrons. The number of rotatable bonds is 4. The molecule has 21 heavy (non-hydrogen) atoms. The predicted molar refractivity (Wildman–Crippen MR) is 80.1 cm³/mol. The zero-order valence-corrected chi connectivity index (χ0v) is 11.6. The molecular weight excluding hydrogens is 267 g/mol. The summed E-state index contributed by atoms with van der Waals surface area (Å²) in [5.74, 6) is -0.407. The number of benzene rings is 2. The van der Waals surface area contributed by atoms with Gasteiger partial charge in [0.2, 0.25) is 0 Å². The van der Waals surface area contributed by atoms with E-state index in [0.717, 1.165) is 12.8 Å². The van der Waals surface area contributed by atoms with Gasteiger partial charge in [0.15, 0.2) is 0 Å². The minimum Gasteiger partial charge on any atom is -0.398 e. The summed E-state index contributed by atoms with van der Waals surface area (Å²) in [4.78, 5) is 14.4. The second kappa shape index (κ2) is 5.56. The van der Waals surface area contributed by atoms with E-state index in [1.54, 1.807) is 47.4 Å². The number of amides is 1. The van der Waals surface area contributed by atoms with E-state index in [9.17, 15) is 9.18 Å². The van der Waals surface area contributed by atoms with Crippen LogP contribution in [0.3, 0.4) is 0 Å². The average Bonchev–Trinajstić information content (AvgIpc) is 3.31. The van der Waals surface area contributed by atoms with Crippen LogP contribution in [0.4, 0.5) is 10.1 Å². The molecular formula is C17H17FN2O. The molecule has 2 N–H and O–H groups in total. The van der Waals surface area contributed by atoms with Gasteiger partial charge in [-0.15, -0.1) is 0 Å². The maximum absolute atomic E-state index is 13.8. The van der Waals surface area contributed by atoms with Crippen molar-refractivity contribution in [1.29, 1.82) is 0 Å². The second-order valence-corrected chi connectivity index (χ2v) is 5.34. The van der Waals surface area contributed by atoms with Crippen LogP contribution in [0.2, 0.25) is 0 Å². The molecule has 0 heterocycles. The summed E-state index contributed by atoms with van der Waals surface area (Å²) in [7, 11) is 0. The van der Waals surface area contributed by atoms with Crippen LogP contribution in [0.1, 0.15) is 28.8 Å². The Labute approximate surface area is 123 Å². The number of nitrogens with zero attached hydrogens (tertiary/aromatic N) is 1. The van der Waals surface area contributed by atoms with Gasteiger partial charge >= 0.3 is 0 Å². The standard InChI is InChI=1S/C17H17FN2O/c18-15-7-3-1-5-12(15)11-20(13-9-10-13)17(21)14-6-2-4-8-16(14)19/h1-8,13H,9-11,19H2. The maximum atomic E-state index is 13.8. The monoisotopic (exact) mass is 284 g/mol. The molecule has 3 nitrogen and oxygen atoms in total. The molecule has 2 aromatic carbocycles. The average molecular weight is 284 g/mol. The zero-order chi connectivity index (χ0) is 14.8. The Balaban J connectivity index is 1.87. The van der Waals surface area contributed by atoms with Crippen molar-refractivity contribution in [3.05, 3.63) is 65.5 Å². The largest absolute Gasteiger partial charge is 0.398 e. The lowest BCUT2D eigenvalue weighted by molar-refractivity contribution is 0.0729. The topological polar surface area (TPSA) is 46.3 Å². The minimum atomic E-state index is -0.281. The number of para-hydroxylation sites is 1. The summed E-state index contributed by atoms with van der Waals surface area (Å²) in [6.07, 6.45) is 1.93. The molecule has 0 spiro atoms. The van der Waals surface area contributed by atoms with E-state index in [4.69, 9.17) is 5.73 Å². The van der Waals surface area contributed by atoms with Crippen LogP contribution in [0.5, 0.6) is 0 Å². The summed E-state index contributed by atoms with van der Waals surface area (Å²) < 4.78 is 13.8. The van der Waals surface area contributed by atoms with Gasteiger partial charge in [-0.05, 0) is 31.0 Å². The van der Waals surface area contributed by atoms with Gasteiger partial charge in [-0.2, -0.15) is 0 Å². The fourth-order valence-electron chi connectivity index (χ4n) is 2.41. The Kier molecular flexibility index (Phi) is 3.60. The van der Waals surface area contributed by atoms with E-state index in [-0.39, 0.29) is 24.3 Å².